The molecule has 0 bridgehead atoms. The number of thiophene rings is 1. The summed E-state index contributed by atoms with van der Waals surface area (Å²) in [5, 5.41) is 9.63. The Bertz CT molecular complexity index is 562. The van der Waals surface area contributed by atoms with Crippen molar-refractivity contribution in [2.45, 2.75) is 20.3 Å². The number of hydrogen-bond donors (Lipinski definition) is 2. The van der Waals surface area contributed by atoms with Crippen LogP contribution in [0.4, 0.5) is 0 Å². The minimum atomic E-state index is -0.487. The van der Waals surface area contributed by atoms with Crippen molar-refractivity contribution in [2.24, 2.45) is 16.1 Å². The van der Waals surface area contributed by atoms with Crippen LogP contribution >= 0.6 is 11.3 Å². The second-order valence-electron chi connectivity index (χ2n) is 4.25. The van der Waals surface area contributed by atoms with Gasteiger partial charge in [0.2, 0.25) is 11.8 Å². The van der Waals surface area contributed by atoms with E-state index < -0.39 is 5.92 Å². The highest BCUT2D eigenvalue weighted by Crippen LogP contribution is 2.13. The molecule has 100 valence electrons. The summed E-state index contributed by atoms with van der Waals surface area (Å²) < 4.78 is 0. The smallest absolute Gasteiger partial charge is 0.249 e. The fourth-order valence-corrected chi connectivity index (χ4v) is 2.43. The molecular weight excluding hydrogens is 264 g/mol. The maximum Gasteiger partial charge on any atom is 0.249 e. The van der Waals surface area contributed by atoms with Crippen LogP contribution in [0.5, 0.6) is 0 Å². The van der Waals surface area contributed by atoms with Crippen molar-refractivity contribution in [1.29, 1.82) is 0 Å². The molecule has 0 radical (unpaired) electrons. The van der Waals surface area contributed by atoms with Crippen molar-refractivity contribution in [3.05, 3.63) is 21.9 Å². The minimum Gasteiger partial charge on any atom is -0.273 e. The van der Waals surface area contributed by atoms with Gasteiger partial charge in [-0.3, -0.25) is 9.59 Å². The van der Waals surface area contributed by atoms with Gasteiger partial charge in [-0.15, -0.1) is 11.3 Å². The summed E-state index contributed by atoms with van der Waals surface area (Å²) in [7, 11) is 0. The maximum atomic E-state index is 11.6. The highest BCUT2D eigenvalue weighted by Gasteiger charge is 2.28. The van der Waals surface area contributed by atoms with Crippen LogP contribution in [0.3, 0.4) is 0 Å². The first-order valence-electron chi connectivity index (χ1n) is 5.78. The number of carbonyl (C=O) groups is 2. The second-order valence-corrected chi connectivity index (χ2v) is 5.19. The van der Waals surface area contributed by atoms with Gasteiger partial charge in [0.15, 0.2) is 0 Å². The molecule has 1 aliphatic heterocycles. The normalized spacial score (nSPS) is 18.5. The number of carbonyl (C=O) groups excluding carboxylic acids is 2. The molecule has 0 spiro atoms. The Labute approximate surface area is 114 Å². The van der Waals surface area contributed by atoms with Crippen molar-refractivity contribution < 1.29 is 9.59 Å². The van der Waals surface area contributed by atoms with Gasteiger partial charge < -0.3 is 0 Å². The van der Waals surface area contributed by atoms with Gasteiger partial charge >= 0.3 is 0 Å². The first-order chi connectivity index (χ1) is 9.08. The lowest BCUT2D eigenvalue weighted by Crippen LogP contribution is -2.29. The number of amides is 2. The standard InChI is InChI=1S/C12H14N4O2S/c1-7-3-4-19-10(7)6-13-15-11(17)5-9-8(2)14-16-12(9)18/h3-4,6,9H,5H2,1-2H3,(H,15,17)(H,16,18)/b13-6-/t9-/m1/s1. The molecule has 2 rings (SSSR count). The van der Waals surface area contributed by atoms with E-state index in [1.54, 1.807) is 24.5 Å². The Morgan fingerprint density at radius 3 is 3.00 bits per heavy atom. The second kappa shape index (κ2) is 5.75. The quantitative estimate of drug-likeness (QED) is 0.636. The molecular formula is C12H14N4O2S. The molecule has 1 atom stereocenters. The van der Waals surface area contributed by atoms with Gasteiger partial charge in [-0.1, -0.05) is 0 Å². The summed E-state index contributed by atoms with van der Waals surface area (Å²) in [6.07, 6.45) is 1.66. The largest absolute Gasteiger partial charge is 0.273 e. The third-order valence-corrected chi connectivity index (χ3v) is 3.78. The molecule has 6 nitrogen and oxygen atoms in total. The van der Waals surface area contributed by atoms with Crippen molar-refractivity contribution in [3.8, 4) is 0 Å². The van der Waals surface area contributed by atoms with Gasteiger partial charge in [-0.2, -0.15) is 10.2 Å². The van der Waals surface area contributed by atoms with Gasteiger partial charge in [0.1, 0.15) is 0 Å². The van der Waals surface area contributed by atoms with Crippen LogP contribution in [0, 0.1) is 12.8 Å². The molecule has 2 amide bonds. The summed E-state index contributed by atoms with van der Waals surface area (Å²) in [6.45, 7) is 3.69. The summed E-state index contributed by atoms with van der Waals surface area (Å²) >= 11 is 1.55. The zero-order valence-corrected chi connectivity index (χ0v) is 11.5. The Morgan fingerprint density at radius 2 is 2.42 bits per heavy atom. The Hall–Kier alpha value is -2.02. The van der Waals surface area contributed by atoms with E-state index in [1.807, 2.05) is 18.4 Å². The summed E-state index contributed by atoms with van der Waals surface area (Å²) in [5.74, 6) is -1.04. The molecule has 1 aromatic rings. The summed E-state index contributed by atoms with van der Waals surface area (Å²) in [5.41, 5.74) is 6.50. The predicted octanol–water partition coefficient (Wildman–Crippen LogP) is 1.02. The Morgan fingerprint density at radius 1 is 1.63 bits per heavy atom. The predicted molar refractivity (Wildman–Crippen MR) is 74.2 cm³/mol. The van der Waals surface area contributed by atoms with E-state index in [9.17, 15) is 9.59 Å². The fraction of sp³-hybridized carbons (Fsp3) is 0.333. The molecule has 19 heavy (non-hydrogen) atoms. The molecule has 0 saturated carbocycles. The van der Waals surface area contributed by atoms with E-state index in [2.05, 4.69) is 21.1 Å². The summed E-state index contributed by atoms with van der Waals surface area (Å²) in [4.78, 5) is 24.0. The lowest BCUT2D eigenvalue weighted by molar-refractivity contribution is -0.127. The van der Waals surface area contributed by atoms with E-state index in [-0.39, 0.29) is 18.2 Å². The number of rotatable bonds is 4. The molecule has 0 fully saturated rings. The molecule has 0 unspecified atom stereocenters. The van der Waals surface area contributed by atoms with Gasteiger partial charge in [0.25, 0.3) is 0 Å². The van der Waals surface area contributed by atoms with Crippen LogP contribution < -0.4 is 10.9 Å². The lowest BCUT2D eigenvalue weighted by atomic mass is 10.0. The van der Waals surface area contributed by atoms with Crippen LogP contribution in [0.25, 0.3) is 0 Å². The fourth-order valence-electron chi connectivity index (χ4n) is 1.64. The van der Waals surface area contributed by atoms with Gasteiger partial charge in [0.05, 0.1) is 12.1 Å². The van der Waals surface area contributed by atoms with E-state index in [0.717, 1.165) is 10.4 Å². The number of nitrogens with one attached hydrogen (secondary N) is 2. The average molecular weight is 278 g/mol. The zero-order valence-electron chi connectivity index (χ0n) is 10.6. The molecule has 0 aromatic carbocycles. The minimum absolute atomic E-state index is 0.0575. The Balaban J connectivity index is 1.85. The van der Waals surface area contributed by atoms with Gasteiger partial charge in [-0.25, -0.2) is 10.9 Å². The molecule has 0 saturated heterocycles. The van der Waals surface area contributed by atoms with Gasteiger partial charge in [0, 0.05) is 17.0 Å². The van der Waals surface area contributed by atoms with Crippen LogP contribution in [0.1, 0.15) is 23.8 Å². The van der Waals surface area contributed by atoms with Crippen molar-refractivity contribution in [3.63, 3.8) is 0 Å². The van der Waals surface area contributed by atoms with Crippen molar-refractivity contribution >= 4 is 35.1 Å². The van der Waals surface area contributed by atoms with E-state index in [4.69, 9.17) is 0 Å². The van der Waals surface area contributed by atoms with E-state index in [1.165, 1.54) is 0 Å². The highest BCUT2D eigenvalue weighted by atomic mass is 32.1. The molecule has 7 heteroatoms. The zero-order chi connectivity index (χ0) is 13.8. The molecule has 2 heterocycles. The van der Waals surface area contributed by atoms with Crippen LogP contribution in [-0.4, -0.2) is 23.7 Å². The number of nitrogens with zero attached hydrogens (tertiary/aromatic N) is 2. The third-order valence-electron chi connectivity index (χ3n) is 2.83. The van der Waals surface area contributed by atoms with E-state index >= 15 is 0 Å². The lowest BCUT2D eigenvalue weighted by Gasteiger charge is -2.05. The van der Waals surface area contributed by atoms with Crippen molar-refractivity contribution in [2.75, 3.05) is 0 Å². The average Bonchev–Trinajstić information content (AvgIpc) is 2.90. The Kier molecular flexibility index (Phi) is 4.06. The SMILES string of the molecule is CC1=NNC(=O)[C@@H]1CC(=O)N/N=C\c1sccc1C. The monoisotopic (exact) mass is 278 g/mol. The van der Waals surface area contributed by atoms with Crippen LogP contribution in [0.15, 0.2) is 21.6 Å². The molecule has 1 aliphatic rings. The first kappa shape index (κ1) is 13.4. The number of hydrazone groups is 2. The molecule has 2 N–H and O–H groups in total. The van der Waals surface area contributed by atoms with Gasteiger partial charge in [-0.05, 0) is 30.9 Å². The van der Waals surface area contributed by atoms with E-state index in [0.29, 0.717) is 5.71 Å². The summed E-state index contributed by atoms with van der Waals surface area (Å²) in [6, 6.07) is 1.98. The molecule has 1 aromatic heterocycles. The number of aryl methyl sites for hydroxylation is 1. The topological polar surface area (TPSA) is 82.9 Å². The highest BCUT2D eigenvalue weighted by molar-refractivity contribution is 7.11. The first-order valence-corrected chi connectivity index (χ1v) is 6.66. The number of hydrogen-bond acceptors (Lipinski definition) is 5. The third kappa shape index (κ3) is 3.25. The van der Waals surface area contributed by atoms with Crippen molar-refractivity contribution in [1.82, 2.24) is 10.9 Å². The van der Waals surface area contributed by atoms with Crippen LogP contribution in [0.2, 0.25) is 0 Å². The van der Waals surface area contributed by atoms with Crippen LogP contribution in [-0.2, 0) is 9.59 Å². The molecule has 0 aliphatic carbocycles. The maximum absolute atomic E-state index is 11.6.